The Balaban J connectivity index is 1.55. The molecule has 1 aliphatic rings. The van der Waals surface area contributed by atoms with Crippen LogP contribution in [0.15, 0.2) is 42.7 Å². The van der Waals surface area contributed by atoms with Gasteiger partial charge in [-0.15, -0.1) is 0 Å². The van der Waals surface area contributed by atoms with Gasteiger partial charge in [-0.05, 0) is 30.7 Å². The maximum atomic E-state index is 12.8. The lowest BCUT2D eigenvalue weighted by Gasteiger charge is -2.35. The number of carbonyl (C=O) groups excluding carboxylic acids is 1. The van der Waals surface area contributed by atoms with Gasteiger partial charge in [0.15, 0.2) is 0 Å². The molecule has 0 saturated carbocycles. The van der Waals surface area contributed by atoms with Crippen molar-refractivity contribution in [2.45, 2.75) is 6.42 Å². The maximum Gasteiger partial charge on any atom is 0.272 e. The van der Waals surface area contributed by atoms with Gasteiger partial charge in [0.2, 0.25) is 0 Å². The summed E-state index contributed by atoms with van der Waals surface area (Å²) in [6.45, 7) is 4.40. The van der Waals surface area contributed by atoms with E-state index in [1.165, 1.54) is 0 Å². The van der Waals surface area contributed by atoms with Crippen LogP contribution >= 0.6 is 0 Å². The van der Waals surface area contributed by atoms with E-state index in [2.05, 4.69) is 20.2 Å². The van der Waals surface area contributed by atoms with E-state index < -0.39 is 0 Å². The quantitative estimate of drug-likeness (QED) is 0.765. The zero-order valence-corrected chi connectivity index (χ0v) is 15.1. The molecule has 2 aromatic heterocycles. The molecule has 2 aromatic rings. The third kappa shape index (κ3) is 4.70. The highest BCUT2D eigenvalue weighted by atomic mass is 16.5. The van der Waals surface area contributed by atoms with Crippen LogP contribution in [0.1, 0.15) is 16.9 Å². The first kappa shape index (κ1) is 18.1. The number of rotatable bonds is 7. The molecule has 0 unspecified atom stereocenters. The Morgan fingerprint density at radius 1 is 1.15 bits per heavy atom. The van der Waals surface area contributed by atoms with Crippen LogP contribution in [0.2, 0.25) is 0 Å². The molecular formula is C19H25N5O2. The lowest BCUT2D eigenvalue weighted by atomic mass is 10.2. The first-order valence-electron chi connectivity index (χ1n) is 8.92. The van der Waals surface area contributed by atoms with Gasteiger partial charge in [-0.3, -0.25) is 9.78 Å². The molecule has 0 spiro atoms. The van der Waals surface area contributed by atoms with Gasteiger partial charge in [0.05, 0.1) is 0 Å². The van der Waals surface area contributed by atoms with Gasteiger partial charge < -0.3 is 19.9 Å². The molecule has 0 aliphatic carbocycles. The topological polar surface area (TPSA) is 70.6 Å². The summed E-state index contributed by atoms with van der Waals surface area (Å²) in [6, 6.07) is 9.58. The number of nitrogens with zero attached hydrogens (tertiary/aromatic N) is 4. The zero-order valence-electron chi connectivity index (χ0n) is 15.1. The lowest BCUT2D eigenvalue weighted by molar-refractivity contribution is 0.0740. The predicted molar refractivity (Wildman–Crippen MR) is 102 cm³/mol. The summed E-state index contributed by atoms with van der Waals surface area (Å²) in [5, 5.41) is 3.30. The summed E-state index contributed by atoms with van der Waals surface area (Å²) in [5.41, 5.74) is 1.39. The molecule has 1 saturated heterocycles. The van der Waals surface area contributed by atoms with Crippen molar-refractivity contribution in [3.8, 4) is 0 Å². The highest BCUT2D eigenvalue weighted by Gasteiger charge is 2.23. The van der Waals surface area contributed by atoms with Crippen LogP contribution < -0.4 is 10.2 Å². The van der Waals surface area contributed by atoms with Gasteiger partial charge in [0.1, 0.15) is 11.5 Å². The Labute approximate surface area is 154 Å². The first-order valence-corrected chi connectivity index (χ1v) is 8.92. The number of hydrogen-bond donors (Lipinski definition) is 1. The summed E-state index contributed by atoms with van der Waals surface area (Å²) < 4.78 is 5.04. The molecule has 1 fully saturated rings. The molecule has 1 amide bonds. The molecule has 0 atom stereocenters. The average molecular weight is 355 g/mol. The van der Waals surface area contributed by atoms with Gasteiger partial charge in [-0.2, -0.15) is 0 Å². The minimum absolute atomic E-state index is 0.0220. The van der Waals surface area contributed by atoms with Crippen molar-refractivity contribution < 1.29 is 9.53 Å². The number of piperazine rings is 1. The predicted octanol–water partition coefficient (Wildman–Crippen LogP) is 1.89. The van der Waals surface area contributed by atoms with Crippen LogP contribution in [0.5, 0.6) is 0 Å². The number of hydrogen-bond acceptors (Lipinski definition) is 6. The van der Waals surface area contributed by atoms with E-state index in [9.17, 15) is 4.79 Å². The van der Waals surface area contributed by atoms with Crippen LogP contribution in [-0.4, -0.2) is 67.2 Å². The molecule has 0 radical (unpaired) electrons. The highest BCUT2D eigenvalue weighted by molar-refractivity contribution is 5.93. The zero-order chi connectivity index (χ0) is 18.2. The second-order valence-electron chi connectivity index (χ2n) is 6.17. The van der Waals surface area contributed by atoms with Crippen LogP contribution in [0, 0.1) is 0 Å². The molecule has 138 valence electrons. The second-order valence-corrected chi connectivity index (χ2v) is 6.17. The Kier molecular flexibility index (Phi) is 6.38. The van der Waals surface area contributed by atoms with Gasteiger partial charge >= 0.3 is 0 Å². The van der Waals surface area contributed by atoms with Crippen molar-refractivity contribution in [3.05, 3.63) is 48.4 Å². The smallest absolute Gasteiger partial charge is 0.272 e. The Hall–Kier alpha value is -2.67. The molecular weight excluding hydrogens is 330 g/mol. The Morgan fingerprint density at radius 2 is 2.00 bits per heavy atom. The van der Waals surface area contributed by atoms with Gasteiger partial charge in [-0.1, -0.05) is 6.07 Å². The van der Waals surface area contributed by atoms with E-state index in [-0.39, 0.29) is 5.91 Å². The number of carbonyl (C=O) groups is 1. The summed E-state index contributed by atoms with van der Waals surface area (Å²) in [4.78, 5) is 25.4. The van der Waals surface area contributed by atoms with E-state index >= 15 is 0 Å². The van der Waals surface area contributed by atoms with E-state index in [1.54, 1.807) is 19.5 Å². The van der Waals surface area contributed by atoms with Crippen molar-refractivity contribution in [3.63, 3.8) is 0 Å². The molecule has 3 heterocycles. The molecule has 0 bridgehead atoms. The van der Waals surface area contributed by atoms with Crippen LogP contribution in [0.3, 0.4) is 0 Å². The number of amides is 1. The number of anilines is 2. The molecule has 1 aliphatic heterocycles. The van der Waals surface area contributed by atoms with E-state index in [0.717, 1.165) is 37.6 Å². The highest BCUT2D eigenvalue weighted by Crippen LogP contribution is 2.15. The van der Waals surface area contributed by atoms with E-state index in [0.29, 0.717) is 25.4 Å². The van der Waals surface area contributed by atoms with E-state index in [1.807, 2.05) is 35.2 Å². The van der Waals surface area contributed by atoms with Crippen LogP contribution in [0.4, 0.5) is 11.5 Å². The SMILES string of the molecule is COCCCNc1ccnc(C(=O)N2CCN(c3ccccn3)CC2)c1. The molecule has 3 rings (SSSR count). The number of aromatic nitrogens is 2. The van der Waals surface area contributed by atoms with Crippen molar-refractivity contribution in [2.75, 3.05) is 56.7 Å². The van der Waals surface area contributed by atoms with Crippen LogP contribution in [-0.2, 0) is 4.74 Å². The summed E-state index contributed by atoms with van der Waals surface area (Å²) in [7, 11) is 1.69. The Morgan fingerprint density at radius 3 is 2.73 bits per heavy atom. The fourth-order valence-electron chi connectivity index (χ4n) is 2.95. The lowest BCUT2D eigenvalue weighted by Crippen LogP contribution is -2.49. The standard InChI is InChI=1S/C19H25N5O2/c1-26-14-4-8-20-16-6-9-21-17(15-16)19(25)24-12-10-23(11-13-24)18-5-2-3-7-22-18/h2-3,5-7,9,15H,4,8,10-14H2,1H3,(H,20,21). The third-order valence-corrected chi connectivity index (χ3v) is 4.37. The minimum atomic E-state index is -0.0220. The van der Waals surface area contributed by atoms with Gasteiger partial charge in [0.25, 0.3) is 5.91 Å². The fourth-order valence-corrected chi connectivity index (χ4v) is 2.95. The van der Waals surface area contributed by atoms with Crippen molar-refractivity contribution >= 4 is 17.4 Å². The monoisotopic (exact) mass is 355 g/mol. The van der Waals surface area contributed by atoms with Crippen molar-refractivity contribution in [1.82, 2.24) is 14.9 Å². The van der Waals surface area contributed by atoms with Gasteiger partial charge in [0, 0.05) is 64.5 Å². The first-order chi connectivity index (χ1) is 12.8. The normalized spacial score (nSPS) is 14.3. The van der Waals surface area contributed by atoms with Crippen molar-refractivity contribution in [2.24, 2.45) is 0 Å². The molecule has 7 heteroatoms. The fraction of sp³-hybridized carbons (Fsp3) is 0.421. The number of nitrogens with one attached hydrogen (secondary N) is 1. The average Bonchev–Trinajstić information content (AvgIpc) is 2.72. The summed E-state index contributed by atoms with van der Waals surface area (Å²) in [5.74, 6) is 0.936. The number of methoxy groups -OCH3 is 1. The molecule has 0 aromatic carbocycles. The van der Waals surface area contributed by atoms with Crippen molar-refractivity contribution in [1.29, 1.82) is 0 Å². The summed E-state index contributed by atoms with van der Waals surface area (Å²) >= 11 is 0. The third-order valence-electron chi connectivity index (χ3n) is 4.37. The van der Waals surface area contributed by atoms with Gasteiger partial charge in [-0.25, -0.2) is 4.98 Å². The number of ether oxygens (including phenoxy) is 1. The van der Waals surface area contributed by atoms with E-state index in [4.69, 9.17) is 4.74 Å². The minimum Gasteiger partial charge on any atom is -0.385 e. The Bertz CT molecular complexity index is 702. The summed E-state index contributed by atoms with van der Waals surface area (Å²) in [6.07, 6.45) is 4.38. The molecule has 1 N–H and O–H groups in total. The number of pyridine rings is 2. The molecule has 26 heavy (non-hydrogen) atoms. The molecule has 7 nitrogen and oxygen atoms in total. The maximum absolute atomic E-state index is 12.8. The largest absolute Gasteiger partial charge is 0.385 e. The van der Waals surface area contributed by atoms with Crippen LogP contribution in [0.25, 0.3) is 0 Å². The second kappa shape index (κ2) is 9.15.